The van der Waals surface area contributed by atoms with Gasteiger partial charge in [0.15, 0.2) is 5.82 Å². The van der Waals surface area contributed by atoms with Gasteiger partial charge >= 0.3 is 0 Å². The highest BCUT2D eigenvalue weighted by Crippen LogP contribution is 2.33. The Balaban J connectivity index is 1.57. The van der Waals surface area contributed by atoms with E-state index in [9.17, 15) is 5.26 Å². The lowest BCUT2D eigenvalue weighted by molar-refractivity contribution is 0.578. The molecule has 0 amide bonds. The van der Waals surface area contributed by atoms with Crippen LogP contribution in [0.4, 0.5) is 5.82 Å². The number of anilines is 1. The van der Waals surface area contributed by atoms with Crippen molar-refractivity contribution in [1.29, 1.82) is 5.26 Å². The number of aromatic nitrogens is 7. The molecule has 4 aromatic heterocycles. The van der Waals surface area contributed by atoms with Crippen molar-refractivity contribution in [3.05, 3.63) is 72.2 Å². The van der Waals surface area contributed by atoms with Crippen molar-refractivity contribution in [2.45, 2.75) is 26.3 Å². The molecule has 9 heteroatoms. The number of nitrogens with two attached hydrogens (primary N) is 1. The summed E-state index contributed by atoms with van der Waals surface area (Å²) in [5.41, 5.74) is 12.1. The highest BCUT2D eigenvalue weighted by molar-refractivity contribution is 5.91. The van der Waals surface area contributed by atoms with E-state index in [0.29, 0.717) is 23.1 Å². The molecule has 1 aliphatic rings. The van der Waals surface area contributed by atoms with Gasteiger partial charge in [0.1, 0.15) is 22.7 Å². The third-order valence-corrected chi connectivity index (χ3v) is 6.22. The Kier molecular flexibility index (Phi) is 4.92. The van der Waals surface area contributed by atoms with Crippen molar-refractivity contribution in [3.63, 3.8) is 0 Å². The molecule has 0 unspecified atom stereocenters. The molecule has 1 aromatic carbocycles. The van der Waals surface area contributed by atoms with Crippen molar-refractivity contribution in [1.82, 2.24) is 34.5 Å². The first-order valence-electron chi connectivity index (χ1n) is 11.5. The summed E-state index contributed by atoms with van der Waals surface area (Å²) in [6.45, 7) is 2.74. The lowest BCUT2D eigenvalue weighted by atomic mass is 10.1. The highest BCUT2D eigenvalue weighted by Gasteiger charge is 2.24. The van der Waals surface area contributed by atoms with Gasteiger partial charge in [-0.1, -0.05) is 12.1 Å². The number of aryl methyl sites for hydroxylation is 1. The van der Waals surface area contributed by atoms with E-state index in [0.717, 1.165) is 45.6 Å². The average Bonchev–Trinajstić information content (AvgIpc) is 3.53. The Bertz CT molecular complexity index is 1660. The van der Waals surface area contributed by atoms with Crippen LogP contribution >= 0.6 is 0 Å². The van der Waals surface area contributed by atoms with Gasteiger partial charge in [0.25, 0.3) is 0 Å². The molecule has 9 nitrogen and oxygen atoms in total. The van der Waals surface area contributed by atoms with Crippen molar-refractivity contribution >= 4 is 27.9 Å². The van der Waals surface area contributed by atoms with Crippen molar-refractivity contribution in [3.8, 4) is 23.1 Å². The van der Waals surface area contributed by atoms with Gasteiger partial charge in [-0.05, 0) is 56.0 Å². The predicted octanol–water partition coefficient (Wildman–Crippen LogP) is 4.46. The van der Waals surface area contributed by atoms with Crippen LogP contribution in [0.3, 0.4) is 0 Å². The van der Waals surface area contributed by atoms with E-state index < -0.39 is 0 Å². The fourth-order valence-electron chi connectivity index (χ4n) is 4.28. The van der Waals surface area contributed by atoms with Crippen LogP contribution in [-0.4, -0.2) is 34.5 Å². The fourth-order valence-corrected chi connectivity index (χ4v) is 4.28. The molecule has 0 radical (unpaired) electrons. The zero-order valence-corrected chi connectivity index (χ0v) is 19.2. The molecule has 0 saturated heterocycles. The maximum Gasteiger partial charge on any atom is 0.157 e. The third-order valence-electron chi connectivity index (χ3n) is 6.22. The monoisotopic (exact) mass is 461 g/mol. The first-order valence-corrected chi connectivity index (χ1v) is 11.5. The van der Waals surface area contributed by atoms with E-state index in [4.69, 9.17) is 15.8 Å². The molecule has 0 aliphatic heterocycles. The molecule has 5 aromatic rings. The summed E-state index contributed by atoms with van der Waals surface area (Å²) in [6.07, 6.45) is 5.91. The Morgan fingerprint density at radius 1 is 1.09 bits per heavy atom. The highest BCUT2D eigenvalue weighted by atomic mass is 15.3. The van der Waals surface area contributed by atoms with Gasteiger partial charge in [-0.2, -0.15) is 15.5 Å². The molecule has 35 heavy (non-hydrogen) atoms. The molecular formula is C26H23N9. The standard InChI is InChI=1S/C26H23N9/c1-16-24-21(3-2-11-30-24)35(32-16)23-13-22(28)31-26-20(10-12-29-23)25(33-34(26)15-18-4-5-18)19-8-6-17(14-27)7-9-19/h2-3,6-13,18,31H,4-5,15,28H2,1H3. The summed E-state index contributed by atoms with van der Waals surface area (Å²) in [5.74, 6) is 1.63. The summed E-state index contributed by atoms with van der Waals surface area (Å²) >= 11 is 0. The van der Waals surface area contributed by atoms with Gasteiger partial charge < -0.3 is 10.7 Å². The van der Waals surface area contributed by atoms with Crippen molar-refractivity contribution < 1.29 is 0 Å². The molecule has 1 fully saturated rings. The van der Waals surface area contributed by atoms with Crippen LogP contribution in [-0.2, 0) is 6.54 Å². The van der Waals surface area contributed by atoms with E-state index >= 15 is 0 Å². The quantitative estimate of drug-likeness (QED) is 0.407. The molecular weight excluding hydrogens is 438 g/mol. The number of hydrogen-bond donors (Lipinski definition) is 2. The van der Waals surface area contributed by atoms with E-state index in [1.807, 2.05) is 41.9 Å². The average molecular weight is 462 g/mol. The van der Waals surface area contributed by atoms with Gasteiger partial charge in [-0.25, -0.2) is 14.3 Å². The molecule has 4 heterocycles. The summed E-state index contributed by atoms with van der Waals surface area (Å²) in [6, 6.07) is 17.2. The van der Waals surface area contributed by atoms with Crippen LogP contribution in [0.15, 0.2) is 60.9 Å². The Hall–Kier alpha value is -4.71. The first-order chi connectivity index (χ1) is 17.1. The Morgan fingerprint density at radius 3 is 2.69 bits per heavy atom. The number of nitriles is 1. The van der Waals surface area contributed by atoms with Gasteiger partial charge in [0.2, 0.25) is 0 Å². The zero-order valence-electron chi connectivity index (χ0n) is 19.2. The summed E-state index contributed by atoms with van der Waals surface area (Å²) < 4.78 is 3.75. The molecule has 0 bridgehead atoms. The largest absolute Gasteiger partial charge is 0.385 e. The number of hydrogen-bond acceptors (Lipinski definition) is 6. The first kappa shape index (κ1) is 20.9. The normalized spacial score (nSPS) is 13.1. The van der Waals surface area contributed by atoms with E-state index in [2.05, 4.69) is 21.1 Å². The summed E-state index contributed by atoms with van der Waals surface area (Å²) in [4.78, 5) is 12.5. The minimum Gasteiger partial charge on any atom is -0.385 e. The third kappa shape index (κ3) is 3.85. The number of nitrogen functional groups attached to an aromatic ring is 1. The van der Waals surface area contributed by atoms with Gasteiger partial charge in [0.05, 0.1) is 22.8 Å². The van der Waals surface area contributed by atoms with Crippen LogP contribution in [0.2, 0.25) is 0 Å². The number of nitrogens with zero attached hydrogens (tertiary/aromatic N) is 7. The topological polar surface area (TPSA) is 127 Å². The number of pyridine rings is 1. The maximum absolute atomic E-state index is 9.18. The minimum absolute atomic E-state index is 0.433. The number of nitrogens with one attached hydrogen (secondary N) is 1. The second-order valence-corrected chi connectivity index (χ2v) is 8.82. The Morgan fingerprint density at radius 2 is 1.91 bits per heavy atom. The van der Waals surface area contributed by atoms with Crippen LogP contribution < -0.4 is 5.73 Å². The van der Waals surface area contributed by atoms with Crippen LogP contribution in [0.25, 0.3) is 39.1 Å². The van der Waals surface area contributed by atoms with E-state index in [-0.39, 0.29) is 0 Å². The minimum atomic E-state index is 0.433. The van der Waals surface area contributed by atoms with E-state index in [1.54, 1.807) is 35.3 Å². The Labute approximate surface area is 201 Å². The molecule has 0 atom stereocenters. The molecule has 0 spiro atoms. The molecule has 6 rings (SSSR count). The smallest absolute Gasteiger partial charge is 0.157 e. The SMILES string of the molecule is Cc1nn(-c2cc(N)[nH]c3c(ccn2)c(-c2ccc(C#N)cc2)nn3CC2CC2)c2cccnc12. The number of H-pyrrole nitrogens is 1. The second kappa shape index (κ2) is 8.25. The number of fused-ring (bicyclic) bond motifs is 2. The van der Waals surface area contributed by atoms with E-state index in [1.165, 1.54) is 12.8 Å². The number of benzene rings is 1. The molecule has 3 N–H and O–H groups in total. The summed E-state index contributed by atoms with van der Waals surface area (Å²) in [7, 11) is 0. The van der Waals surface area contributed by atoms with Gasteiger partial charge in [-0.3, -0.25) is 4.98 Å². The predicted molar refractivity (Wildman–Crippen MR) is 134 cm³/mol. The van der Waals surface area contributed by atoms with Gasteiger partial charge in [0, 0.05) is 36.0 Å². The van der Waals surface area contributed by atoms with Crippen LogP contribution in [0.1, 0.15) is 24.1 Å². The summed E-state index contributed by atoms with van der Waals surface area (Å²) in [5, 5.41) is 19.7. The molecule has 1 aliphatic carbocycles. The fraction of sp³-hybridized carbons (Fsp3) is 0.192. The molecule has 172 valence electrons. The molecule has 1 saturated carbocycles. The second-order valence-electron chi connectivity index (χ2n) is 8.82. The maximum atomic E-state index is 9.18. The lowest BCUT2D eigenvalue weighted by Gasteiger charge is -2.02. The van der Waals surface area contributed by atoms with Crippen LogP contribution in [0.5, 0.6) is 0 Å². The van der Waals surface area contributed by atoms with Crippen LogP contribution in [0, 0.1) is 24.2 Å². The van der Waals surface area contributed by atoms with Crippen molar-refractivity contribution in [2.24, 2.45) is 5.92 Å². The van der Waals surface area contributed by atoms with Gasteiger partial charge in [-0.15, -0.1) is 0 Å². The zero-order chi connectivity index (χ0) is 23.9. The number of rotatable bonds is 4. The van der Waals surface area contributed by atoms with Crippen molar-refractivity contribution in [2.75, 3.05) is 5.73 Å². The lowest BCUT2D eigenvalue weighted by Crippen LogP contribution is -2.03. The number of aromatic amines is 1.